The van der Waals surface area contributed by atoms with E-state index in [-0.39, 0.29) is 18.0 Å². The number of nitrogens with zero attached hydrogens (tertiary/aromatic N) is 3. The molecule has 0 saturated carbocycles. The maximum Gasteiger partial charge on any atom is 0.363 e. The Labute approximate surface area is 164 Å². The Balaban J connectivity index is 2.07. The standard InChI is InChI=1S/C18H20N4O7/c1-2-11-7-22(17(27)21-15(11)19)18(14(25)13(24)12(8-23)29-18)16(26)28-9-10-4-3-5-20-6-10/h2-7,12-14,23-25H,1,8-9H2,(H2,19,21,27)/t12-,13-,14-,18+/m1/s1. The summed E-state index contributed by atoms with van der Waals surface area (Å²) in [6, 6.07) is 3.28. The molecule has 0 radical (unpaired) electrons. The smallest absolute Gasteiger partial charge is 0.363 e. The Morgan fingerprint density at radius 3 is 2.83 bits per heavy atom. The lowest BCUT2D eigenvalue weighted by atomic mass is 10.0. The van der Waals surface area contributed by atoms with Crippen LogP contribution in [-0.4, -0.2) is 60.7 Å². The molecule has 3 heterocycles. The molecule has 2 aromatic rings. The van der Waals surface area contributed by atoms with Crippen LogP contribution in [0.15, 0.2) is 42.1 Å². The molecule has 1 fully saturated rings. The minimum atomic E-state index is -2.50. The van der Waals surface area contributed by atoms with Crippen LogP contribution >= 0.6 is 0 Å². The van der Waals surface area contributed by atoms with Crippen molar-refractivity contribution in [3.63, 3.8) is 0 Å². The van der Waals surface area contributed by atoms with Gasteiger partial charge in [0, 0.05) is 29.7 Å². The number of rotatable bonds is 6. The van der Waals surface area contributed by atoms with Crippen LogP contribution in [0, 0.1) is 0 Å². The molecule has 0 amide bonds. The van der Waals surface area contributed by atoms with E-state index < -0.39 is 42.3 Å². The highest BCUT2D eigenvalue weighted by Crippen LogP contribution is 2.36. The Bertz CT molecular complexity index is 964. The van der Waals surface area contributed by atoms with Gasteiger partial charge in [-0.05, 0) is 6.07 Å². The maximum atomic E-state index is 13.0. The van der Waals surface area contributed by atoms with Crippen LogP contribution < -0.4 is 11.4 Å². The molecule has 0 aromatic carbocycles. The normalized spacial score (nSPS) is 26.2. The van der Waals surface area contributed by atoms with Gasteiger partial charge in [-0.3, -0.25) is 9.55 Å². The van der Waals surface area contributed by atoms with E-state index in [1.54, 1.807) is 12.1 Å². The van der Waals surface area contributed by atoms with E-state index >= 15 is 0 Å². The third kappa shape index (κ3) is 3.51. The summed E-state index contributed by atoms with van der Waals surface area (Å²) in [7, 11) is 0. The summed E-state index contributed by atoms with van der Waals surface area (Å²) in [5.41, 5.74) is 2.85. The minimum absolute atomic E-state index is 0.146. The number of aromatic nitrogens is 3. The summed E-state index contributed by atoms with van der Waals surface area (Å²) >= 11 is 0. The molecule has 1 saturated heterocycles. The van der Waals surface area contributed by atoms with Gasteiger partial charge in [0.2, 0.25) is 0 Å². The molecule has 3 rings (SSSR count). The number of hydrogen-bond donors (Lipinski definition) is 4. The second-order valence-electron chi connectivity index (χ2n) is 6.35. The largest absolute Gasteiger partial charge is 0.457 e. The fourth-order valence-electron chi connectivity index (χ4n) is 3.03. The third-order valence-corrected chi connectivity index (χ3v) is 4.57. The molecule has 0 unspecified atom stereocenters. The second-order valence-corrected chi connectivity index (χ2v) is 6.35. The van der Waals surface area contributed by atoms with Gasteiger partial charge in [-0.25, -0.2) is 9.59 Å². The van der Waals surface area contributed by atoms with E-state index in [4.69, 9.17) is 15.2 Å². The van der Waals surface area contributed by atoms with Gasteiger partial charge in [-0.15, -0.1) is 0 Å². The predicted octanol–water partition coefficient (Wildman–Crippen LogP) is -1.63. The molecule has 5 N–H and O–H groups in total. The highest BCUT2D eigenvalue weighted by molar-refractivity contribution is 5.79. The van der Waals surface area contributed by atoms with Crippen LogP contribution in [0.4, 0.5) is 5.82 Å². The van der Waals surface area contributed by atoms with Crippen molar-refractivity contribution in [1.29, 1.82) is 0 Å². The topological polar surface area (TPSA) is 170 Å². The van der Waals surface area contributed by atoms with Gasteiger partial charge in [0.25, 0.3) is 5.72 Å². The number of anilines is 1. The Morgan fingerprint density at radius 1 is 1.48 bits per heavy atom. The molecule has 11 nitrogen and oxygen atoms in total. The zero-order valence-electron chi connectivity index (χ0n) is 15.2. The van der Waals surface area contributed by atoms with Crippen LogP contribution in [0.2, 0.25) is 0 Å². The number of aliphatic hydroxyl groups excluding tert-OH is 3. The van der Waals surface area contributed by atoms with E-state index in [1.807, 2.05) is 0 Å². The molecular formula is C18H20N4O7. The molecule has 29 heavy (non-hydrogen) atoms. The Kier molecular flexibility index (Phi) is 5.75. The van der Waals surface area contributed by atoms with Crippen molar-refractivity contribution < 1.29 is 29.6 Å². The number of aliphatic hydroxyl groups is 3. The van der Waals surface area contributed by atoms with Crippen molar-refractivity contribution in [3.05, 3.63) is 58.9 Å². The van der Waals surface area contributed by atoms with Crippen LogP contribution in [-0.2, 0) is 26.6 Å². The summed E-state index contributed by atoms with van der Waals surface area (Å²) in [4.78, 5) is 33.0. The van der Waals surface area contributed by atoms with E-state index in [0.29, 0.717) is 10.1 Å². The number of nitrogens with two attached hydrogens (primary N) is 1. The molecule has 154 valence electrons. The number of pyridine rings is 1. The number of carbonyl (C=O) groups excluding carboxylic acids is 1. The van der Waals surface area contributed by atoms with Gasteiger partial charge >= 0.3 is 11.7 Å². The van der Waals surface area contributed by atoms with Gasteiger partial charge in [-0.2, -0.15) is 4.98 Å². The first kappa shape index (κ1) is 20.6. The lowest BCUT2D eigenvalue weighted by Gasteiger charge is -2.31. The highest BCUT2D eigenvalue weighted by atomic mass is 16.6. The number of esters is 1. The summed E-state index contributed by atoms with van der Waals surface area (Å²) in [5.74, 6) is -1.32. The molecule has 11 heteroatoms. The summed E-state index contributed by atoms with van der Waals surface area (Å²) in [5, 5.41) is 30.3. The molecule has 0 aliphatic carbocycles. The molecular weight excluding hydrogens is 384 g/mol. The first-order valence-corrected chi connectivity index (χ1v) is 8.58. The Hall–Kier alpha value is -3.12. The quantitative estimate of drug-likeness (QED) is 0.410. The van der Waals surface area contributed by atoms with Gasteiger partial charge in [-0.1, -0.05) is 18.7 Å². The molecule has 2 aromatic heterocycles. The SMILES string of the molecule is C=Cc1cn([C@]2(C(=O)OCc3cccnc3)O[C@H](CO)[C@@H](O)[C@H]2O)c(=O)nc1N. The number of nitrogen functional groups attached to an aromatic ring is 1. The maximum absolute atomic E-state index is 13.0. The highest BCUT2D eigenvalue weighted by Gasteiger charge is 2.62. The summed E-state index contributed by atoms with van der Waals surface area (Å²) in [6.45, 7) is 2.59. The van der Waals surface area contributed by atoms with Crippen LogP contribution in [0.25, 0.3) is 6.08 Å². The average Bonchev–Trinajstić information content (AvgIpc) is 2.98. The van der Waals surface area contributed by atoms with Gasteiger partial charge in [0.15, 0.2) is 0 Å². The Morgan fingerprint density at radius 2 is 2.24 bits per heavy atom. The van der Waals surface area contributed by atoms with E-state index in [1.165, 1.54) is 18.5 Å². The summed E-state index contributed by atoms with van der Waals surface area (Å²) in [6.07, 6.45) is 0.420. The van der Waals surface area contributed by atoms with Crippen molar-refractivity contribution in [2.24, 2.45) is 0 Å². The van der Waals surface area contributed by atoms with Crippen LogP contribution in [0.3, 0.4) is 0 Å². The van der Waals surface area contributed by atoms with Gasteiger partial charge in [0.05, 0.1) is 6.61 Å². The zero-order valence-corrected chi connectivity index (χ0v) is 15.2. The number of hydrogen-bond acceptors (Lipinski definition) is 10. The lowest BCUT2D eigenvalue weighted by Crippen LogP contribution is -2.56. The molecule has 0 spiro atoms. The van der Waals surface area contributed by atoms with E-state index in [2.05, 4.69) is 16.5 Å². The van der Waals surface area contributed by atoms with Crippen molar-refractivity contribution in [2.75, 3.05) is 12.3 Å². The lowest BCUT2D eigenvalue weighted by molar-refractivity contribution is -0.203. The number of carbonyl (C=O) groups is 1. The molecule has 1 aliphatic rings. The molecule has 1 aliphatic heterocycles. The number of ether oxygens (including phenoxy) is 2. The van der Waals surface area contributed by atoms with Gasteiger partial charge < -0.3 is 30.5 Å². The average molecular weight is 404 g/mol. The first-order valence-electron chi connectivity index (χ1n) is 8.58. The fraction of sp³-hybridized carbons (Fsp3) is 0.333. The van der Waals surface area contributed by atoms with Crippen molar-refractivity contribution in [1.82, 2.24) is 14.5 Å². The van der Waals surface area contributed by atoms with E-state index in [9.17, 15) is 24.9 Å². The fourth-order valence-corrected chi connectivity index (χ4v) is 3.03. The minimum Gasteiger partial charge on any atom is -0.457 e. The monoisotopic (exact) mass is 404 g/mol. The van der Waals surface area contributed by atoms with Crippen molar-refractivity contribution in [2.45, 2.75) is 30.6 Å². The van der Waals surface area contributed by atoms with Crippen molar-refractivity contribution in [3.8, 4) is 0 Å². The molecule has 4 atom stereocenters. The zero-order chi connectivity index (χ0) is 21.2. The molecule has 0 bridgehead atoms. The van der Waals surface area contributed by atoms with E-state index in [0.717, 1.165) is 6.20 Å². The second kappa shape index (κ2) is 8.09. The van der Waals surface area contributed by atoms with Crippen LogP contribution in [0.5, 0.6) is 0 Å². The van der Waals surface area contributed by atoms with Gasteiger partial charge in [0.1, 0.15) is 30.7 Å². The summed E-state index contributed by atoms with van der Waals surface area (Å²) < 4.78 is 11.4. The van der Waals surface area contributed by atoms with Crippen molar-refractivity contribution >= 4 is 17.9 Å². The first-order chi connectivity index (χ1) is 13.8. The third-order valence-electron chi connectivity index (χ3n) is 4.57. The van der Waals surface area contributed by atoms with Crippen LogP contribution in [0.1, 0.15) is 11.1 Å². The predicted molar refractivity (Wildman–Crippen MR) is 99.0 cm³/mol.